The Morgan fingerprint density at radius 3 is 2.82 bits per heavy atom. The molecular formula is C13H25N3O. The number of rotatable bonds is 6. The maximum absolute atomic E-state index is 11.6. The van der Waals surface area contributed by atoms with Crippen LogP contribution in [0.3, 0.4) is 0 Å². The van der Waals surface area contributed by atoms with Crippen LogP contribution in [0.2, 0.25) is 0 Å². The van der Waals surface area contributed by atoms with Gasteiger partial charge in [-0.05, 0) is 38.8 Å². The third-order valence-corrected chi connectivity index (χ3v) is 3.60. The first-order valence-corrected chi connectivity index (χ1v) is 7.03. The largest absolute Gasteiger partial charge is 0.353 e. The van der Waals surface area contributed by atoms with Gasteiger partial charge in [0.1, 0.15) is 0 Å². The number of likely N-dealkylation sites (tertiary alicyclic amines) is 1. The maximum atomic E-state index is 11.6. The summed E-state index contributed by atoms with van der Waals surface area (Å²) in [6.07, 6.45) is 5.55. The van der Waals surface area contributed by atoms with E-state index in [0.29, 0.717) is 18.5 Å². The number of hydrogen-bond donors (Lipinski definition) is 2. The molecule has 2 fully saturated rings. The van der Waals surface area contributed by atoms with Crippen LogP contribution in [0.15, 0.2) is 0 Å². The fraction of sp³-hybridized carbons (Fsp3) is 0.923. The fourth-order valence-electron chi connectivity index (χ4n) is 2.50. The summed E-state index contributed by atoms with van der Waals surface area (Å²) in [5.41, 5.74) is 0. The number of carbonyl (C=O) groups is 1. The zero-order valence-electron chi connectivity index (χ0n) is 10.9. The zero-order valence-corrected chi connectivity index (χ0v) is 10.9. The zero-order chi connectivity index (χ0) is 12.1. The van der Waals surface area contributed by atoms with E-state index in [2.05, 4.69) is 22.5 Å². The number of amides is 1. The highest BCUT2D eigenvalue weighted by atomic mass is 16.1. The summed E-state index contributed by atoms with van der Waals surface area (Å²) in [6, 6.07) is 1.12. The average Bonchev–Trinajstić information content (AvgIpc) is 3.11. The average molecular weight is 239 g/mol. The molecule has 0 aromatic rings. The number of carbonyl (C=O) groups excluding carboxylic acids is 1. The molecule has 1 aliphatic heterocycles. The highest BCUT2D eigenvalue weighted by molar-refractivity contribution is 5.76. The molecule has 1 saturated heterocycles. The summed E-state index contributed by atoms with van der Waals surface area (Å²) in [4.78, 5) is 14.0. The van der Waals surface area contributed by atoms with Crippen molar-refractivity contribution in [1.82, 2.24) is 15.5 Å². The van der Waals surface area contributed by atoms with Crippen molar-refractivity contribution in [2.24, 2.45) is 0 Å². The van der Waals surface area contributed by atoms with Gasteiger partial charge in [0.05, 0.1) is 0 Å². The molecule has 2 rings (SSSR count). The smallest absolute Gasteiger partial charge is 0.221 e. The van der Waals surface area contributed by atoms with Gasteiger partial charge in [0.15, 0.2) is 0 Å². The quantitative estimate of drug-likeness (QED) is 0.718. The number of nitrogens with zero attached hydrogens (tertiary/aromatic N) is 1. The Balaban J connectivity index is 1.62. The van der Waals surface area contributed by atoms with Crippen LogP contribution in [-0.4, -0.2) is 49.1 Å². The van der Waals surface area contributed by atoms with Crippen LogP contribution in [0.1, 0.15) is 39.0 Å². The molecule has 1 unspecified atom stereocenters. The van der Waals surface area contributed by atoms with Gasteiger partial charge >= 0.3 is 0 Å². The van der Waals surface area contributed by atoms with Crippen LogP contribution in [0.25, 0.3) is 0 Å². The van der Waals surface area contributed by atoms with Crippen molar-refractivity contribution >= 4 is 5.91 Å². The van der Waals surface area contributed by atoms with Crippen LogP contribution >= 0.6 is 0 Å². The van der Waals surface area contributed by atoms with E-state index in [1.807, 2.05) is 0 Å². The molecule has 0 aromatic carbocycles. The predicted molar refractivity (Wildman–Crippen MR) is 68.9 cm³/mol. The molecule has 2 aliphatic rings. The van der Waals surface area contributed by atoms with E-state index in [4.69, 9.17) is 0 Å². The molecule has 0 aromatic heterocycles. The highest BCUT2D eigenvalue weighted by Crippen LogP contribution is 2.18. The van der Waals surface area contributed by atoms with Crippen LogP contribution in [0, 0.1) is 0 Å². The Morgan fingerprint density at radius 1 is 1.29 bits per heavy atom. The molecule has 17 heavy (non-hydrogen) atoms. The van der Waals surface area contributed by atoms with Crippen LogP contribution < -0.4 is 10.6 Å². The summed E-state index contributed by atoms with van der Waals surface area (Å²) in [5, 5.41) is 6.55. The molecule has 2 N–H and O–H groups in total. The fourth-order valence-corrected chi connectivity index (χ4v) is 2.50. The number of hydrogen-bond acceptors (Lipinski definition) is 3. The van der Waals surface area contributed by atoms with Crippen molar-refractivity contribution in [2.45, 2.75) is 51.1 Å². The topological polar surface area (TPSA) is 44.4 Å². The minimum absolute atomic E-state index is 0.234. The summed E-state index contributed by atoms with van der Waals surface area (Å²) in [6.45, 7) is 6.37. The lowest BCUT2D eigenvalue weighted by Gasteiger charge is -2.32. The Kier molecular flexibility index (Phi) is 4.80. The molecule has 4 nitrogen and oxygen atoms in total. The first-order chi connectivity index (χ1) is 8.28. The van der Waals surface area contributed by atoms with E-state index in [1.54, 1.807) is 0 Å². The van der Waals surface area contributed by atoms with Crippen molar-refractivity contribution in [2.75, 3.05) is 26.2 Å². The molecule has 0 bridgehead atoms. The molecule has 0 radical (unpaired) electrons. The van der Waals surface area contributed by atoms with Crippen LogP contribution in [0.4, 0.5) is 0 Å². The van der Waals surface area contributed by atoms with Crippen molar-refractivity contribution in [3.05, 3.63) is 0 Å². The van der Waals surface area contributed by atoms with Crippen LogP contribution in [0.5, 0.6) is 0 Å². The molecule has 98 valence electrons. The minimum Gasteiger partial charge on any atom is -0.353 e. The summed E-state index contributed by atoms with van der Waals surface area (Å²) in [7, 11) is 0. The van der Waals surface area contributed by atoms with Crippen molar-refractivity contribution in [3.8, 4) is 0 Å². The standard InChI is InChI=1S/C13H25N3O/c1-2-14-12-4-3-8-16(10-12)9-7-13(17)15-11-5-6-11/h11-12,14H,2-10H2,1H3,(H,15,17). The highest BCUT2D eigenvalue weighted by Gasteiger charge is 2.24. The van der Waals surface area contributed by atoms with Crippen LogP contribution in [-0.2, 0) is 4.79 Å². The van der Waals surface area contributed by atoms with Crippen molar-refractivity contribution in [1.29, 1.82) is 0 Å². The van der Waals surface area contributed by atoms with E-state index < -0.39 is 0 Å². The summed E-state index contributed by atoms with van der Waals surface area (Å²) < 4.78 is 0. The third-order valence-electron chi connectivity index (χ3n) is 3.60. The van der Waals surface area contributed by atoms with Gasteiger partial charge in [-0.3, -0.25) is 4.79 Å². The molecule has 1 saturated carbocycles. The SMILES string of the molecule is CCNC1CCCN(CCC(=O)NC2CC2)C1. The van der Waals surface area contributed by atoms with Crippen molar-refractivity contribution < 1.29 is 4.79 Å². The van der Waals surface area contributed by atoms with Crippen molar-refractivity contribution in [3.63, 3.8) is 0 Å². The van der Waals surface area contributed by atoms with Gasteiger partial charge in [-0.2, -0.15) is 0 Å². The Bertz CT molecular complexity index is 251. The summed E-state index contributed by atoms with van der Waals surface area (Å²) >= 11 is 0. The second kappa shape index (κ2) is 6.36. The molecule has 1 amide bonds. The first-order valence-electron chi connectivity index (χ1n) is 7.03. The predicted octanol–water partition coefficient (Wildman–Crippen LogP) is 0.729. The second-order valence-electron chi connectivity index (χ2n) is 5.29. The molecule has 1 heterocycles. The van der Waals surface area contributed by atoms with E-state index in [9.17, 15) is 4.79 Å². The molecule has 4 heteroatoms. The number of likely N-dealkylation sites (N-methyl/N-ethyl adjacent to an activating group) is 1. The van der Waals surface area contributed by atoms with E-state index >= 15 is 0 Å². The van der Waals surface area contributed by atoms with Gasteiger partial charge in [-0.1, -0.05) is 6.92 Å². The first kappa shape index (κ1) is 12.8. The van der Waals surface area contributed by atoms with E-state index in [0.717, 1.165) is 26.2 Å². The molecule has 0 spiro atoms. The Labute approximate surface area is 104 Å². The summed E-state index contributed by atoms with van der Waals surface area (Å²) in [5.74, 6) is 0.234. The lowest BCUT2D eigenvalue weighted by atomic mass is 10.1. The lowest BCUT2D eigenvalue weighted by Crippen LogP contribution is -2.46. The molecular weight excluding hydrogens is 214 g/mol. The van der Waals surface area contributed by atoms with E-state index in [-0.39, 0.29) is 5.91 Å². The third kappa shape index (κ3) is 4.64. The molecule has 1 aliphatic carbocycles. The van der Waals surface area contributed by atoms with Gasteiger partial charge in [0, 0.05) is 31.6 Å². The number of nitrogens with one attached hydrogen (secondary N) is 2. The normalized spacial score (nSPS) is 25.8. The van der Waals surface area contributed by atoms with Gasteiger partial charge < -0.3 is 15.5 Å². The van der Waals surface area contributed by atoms with E-state index in [1.165, 1.54) is 25.7 Å². The second-order valence-corrected chi connectivity index (χ2v) is 5.29. The van der Waals surface area contributed by atoms with Gasteiger partial charge in [-0.25, -0.2) is 0 Å². The molecule has 1 atom stereocenters. The minimum atomic E-state index is 0.234. The van der Waals surface area contributed by atoms with Gasteiger partial charge in [0.25, 0.3) is 0 Å². The monoisotopic (exact) mass is 239 g/mol. The lowest BCUT2D eigenvalue weighted by molar-refractivity contribution is -0.121. The van der Waals surface area contributed by atoms with Gasteiger partial charge in [0.2, 0.25) is 5.91 Å². The van der Waals surface area contributed by atoms with Gasteiger partial charge in [-0.15, -0.1) is 0 Å². The maximum Gasteiger partial charge on any atom is 0.221 e. The Hall–Kier alpha value is -0.610. The number of piperidine rings is 1. The Morgan fingerprint density at radius 2 is 2.12 bits per heavy atom.